The molecule has 1 saturated heterocycles. The number of anilines is 1. The Hall–Kier alpha value is -1.71. The fraction of sp³-hybridized carbons (Fsp3) is 0.632. The summed E-state index contributed by atoms with van der Waals surface area (Å²) in [5, 5.41) is 3.24. The van der Waals surface area contributed by atoms with Crippen LogP contribution in [0, 0.1) is 12.8 Å². The van der Waals surface area contributed by atoms with Crippen LogP contribution >= 0.6 is 0 Å². The Balaban J connectivity index is 1.47. The third kappa shape index (κ3) is 4.18. The molecule has 1 heterocycles. The van der Waals surface area contributed by atoms with Gasteiger partial charge >= 0.3 is 6.03 Å². The zero-order valence-electron chi connectivity index (χ0n) is 14.4. The lowest BCUT2D eigenvalue weighted by Gasteiger charge is -2.37. The average molecular weight is 315 g/mol. The molecule has 0 aromatic heterocycles. The Bertz CT molecular complexity index is 529. The van der Waals surface area contributed by atoms with Gasteiger partial charge in [0.05, 0.1) is 0 Å². The molecule has 23 heavy (non-hydrogen) atoms. The minimum Gasteiger partial charge on any atom is -0.368 e. The Kier molecular flexibility index (Phi) is 5.09. The molecule has 1 aromatic carbocycles. The smallest absolute Gasteiger partial charge is 0.317 e. The lowest BCUT2D eigenvalue weighted by Crippen LogP contribution is -2.53. The summed E-state index contributed by atoms with van der Waals surface area (Å²) in [5.74, 6) is 0.820. The molecule has 126 valence electrons. The van der Waals surface area contributed by atoms with E-state index in [9.17, 15) is 4.79 Å². The molecule has 1 saturated carbocycles. The molecule has 1 N–H and O–H groups in total. The number of nitrogens with one attached hydrogen (secondary N) is 1. The summed E-state index contributed by atoms with van der Waals surface area (Å²) in [6.07, 6.45) is 4.75. The van der Waals surface area contributed by atoms with E-state index < -0.39 is 0 Å². The first kappa shape index (κ1) is 16.2. The molecule has 2 amide bonds. The topological polar surface area (TPSA) is 35.6 Å². The van der Waals surface area contributed by atoms with Crippen molar-refractivity contribution in [3.05, 3.63) is 29.8 Å². The summed E-state index contributed by atoms with van der Waals surface area (Å²) in [5.41, 5.74) is 2.56. The Morgan fingerprint density at radius 3 is 2.43 bits per heavy atom. The number of amides is 2. The largest absolute Gasteiger partial charge is 0.368 e. The van der Waals surface area contributed by atoms with Crippen LogP contribution in [0.2, 0.25) is 0 Å². The van der Waals surface area contributed by atoms with E-state index in [-0.39, 0.29) is 6.03 Å². The van der Waals surface area contributed by atoms with E-state index in [0.717, 1.165) is 44.9 Å². The van der Waals surface area contributed by atoms with Crippen molar-refractivity contribution in [1.29, 1.82) is 0 Å². The van der Waals surface area contributed by atoms with Crippen molar-refractivity contribution < 1.29 is 4.79 Å². The van der Waals surface area contributed by atoms with Gasteiger partial charge in [-0.3, -0.25) is 0 Å². The van der Waals surface area contributed by atoms with Crippen molar-refractivity contribution >= 4 is 11.7 Å². The molecule has 4 nitrogen and oxygen atoms in total. The quantitative estimate of drug-likeness (QED) is 0.908. The molecule has 2 fully saturated rings. The summed E-state index contributed by atoms with van der Waals surface area (Å²) >= 11 is 0. The van der Waals surface area contributed by atoms with Crippen LogP contribution in [0.25, 0.3) is 0 Å². The second-order valence-corrected chi connectivity index (χ2v) is 7.22. The molecule has 4 heteroatoms. The fourth-order valence-electron chi connectivity index (χ4n) is 3.66. The number of rotatable bonds is 2. The number of benzene rings is 1. The van der Waals surface area contributed by atoms with Gasteiger partial charge in [-0.1, -0.05) is 19.1 Å². The first-order valence-electron chi connectivity index (χ1n) is 8.99. The highest BCUT2D eigenvalue weighted by atomic mass is 16.2. The average Bonchev–Trinajstić information content (AvgIpc) is 2.57. The van der Waals surface area contributed by atoms with E-state index >= 15 is 0 Å². The molecule has 0 atom stereocenters. The van der Waals surface area contributed by atoms with Gasteiger partial charge in [0.1, 0.15) is 0 Å². The maximum Gasteiger partial charge on any atom is 0.317 e. The van der Waals surface area contributed by atoms with Crippen LogP contribution in [-0.2, 0) is 0 Å². The molecule has 1 aliphatic heterocycles. The number of urea groups is 1. The van der Waals surface area contributed by atoms with Crippen molar-refractivity contribution in [1.82, 2.24) is 10.2 Å². The molecular weight excluding hydrogens is 286 g/mol. The van der Waals surface area contributed by atoms with Crippen LogP contribution in [0.5, 0.6) is 0 Å². The van der Waals surface area contributed by atoms with E-state index in [0.29, 0.717) is 6.04 Å². The summed E-state index contributed by atoms with van der Waals surface area (Å²) in [6, 6.07) is 9.12. The first-order chi connectivity index (χ1) is 11.1. The van der Waals surface area contributed by atoms with Gasteiger partial charge in [0.15, 0.2) is 0 Å². The highest BCUT2D eigenvalue weighted by Gasteiger charge is 2.25. The molecule has 0 spiro atoms. The van der Waals surface area contributed by atoms with Crippen molar-refractivity contribution in [3.8, 4) is 0 Å². The number of hydrogen-bond acceptors (Lipinski definition) is 2. The monoisotopic (exact) mass is 315 g/mol. The number of hydrogen-bond donors (Lipinski definition) is 1. The Morgan fingerprint density at radius 1 is 1.09 bits per heavy atom. The van der Waals surface area contributed by atoms with Gasteiger partial charge in [-0.15, -0.1) is 0 Å². The number of carbonyl (C=O) groups excluding carboxylic acids is 1. The van der Waals surface area contributed by atoms with Crippen molar-refractivity contribution in [2.45, 2.75) is 45.6 Å². The van der Waals surface area contributed by atoms with Crippen LogP contribution in [0.4, 0.5) is 10.5 Å². The second kappa shape index (κ2) is 7.24. The van der Waals surface area contributed by atoms with Gasteiger partial charge in [0, 0.05) is 37.9 Å². The van der Waals surface area contributed by atoms with E-state index in [1.165, 1.54) is 24.1 Å². The van der Waals surface area contributed by atoms with Crippen molar-refractivity contribution in [3.63, 3.8) is 0 Å². The summed E-state index contributed by atoms with van der Waals surface area (Å²) in [6.45, 7) is 7.88. The van der Waals surface area contributed by atoms with Gasteiger partial charge in [0.2, 0.25) is 0 Å². The summed E-state index contributed by atoms with van der Waals surface area (Å²) in [4.78, 5) is 16.8. The Morgan fingerprint density at radius 2 is 1.78 bits per heavy atom. The van der Waals surface area contributed by atoms with E-state index in [2.05, 4.69) is 48.3 Å². The van der Waals surface area contributed by atoms with Gasteiger partial charge in [-0.2, -0.15) is 0 Å². The lowest BCUT2D eigenvalue weighted by molar-refractivity contribution is 0.184. The zero-order chi connectivity index (χ0) is 16.2. The number of carbonyl (C=O) groups is 1. The number of nitrogens with zero attached hydrogens (tertiary/aromatic N) is 2. The molecule has 1 aliphatic carbocycles. The minimum absolute atomic E-state index is 0.133. The molecule has 1 aromatic rings. The van der Waals surface area contributed by atoms with Crippen LogP contribution in [-0.4, -0.2) is 43.2 Å². The lowest BCUT2D eigenvalue weighted by atomic mass is 9.87. The highest BCUT2D eigenvalue weighted by Crippen LogP contribution is 2.24. The van der Waals surface area contributed by atoms with Crippen LogP contribution < -0.4 is 10.2 Å². The van der Waals surface area contributed by atoms with E-state index in [1.807, 2.05) is 4.90 Å². The van der Waals surface area contributed by atoms with Gasteiger partial charge in [0.25, 0.3) is 0 Å². The zero-order valence-corrected chi connectivity index (χ0v) is 14.4. The third-order valence-corrected chi connectivity index (χ3v) is 5.28. The summed E-state index contributed by atoms with van der Waals surface area (Å²) in [7, 11) is 0. The predicted octanol–water partition coefficient (Wildman–Crippen LogP) is 3.41. The van der Waals surface area contributed by atoms with Crippen LogP contribution in [0.3, 0.4) is 0 Å². The molecule has 0 bridgehead atoms. The normalized spacial score (nSPS) is 25.3. The molecular formula is C19H29N3O. The SMILES string of the molecule is Cc1cccc(N2CCN(C(=O)NC3CCC(C)CC3)CC2)c1. The third-order valence-electron chi connectivity index (χ3n) is 5.28. The minimum atomic E-state index is 0.133. The second-order valence-electron chi connectivity index (χ2n) is 7.22. The molecule has 0 unspecified atom stereocenters. The molecule has 3 rings (SSSR count). The van der Waals surface area contributed by atoms with Gasteiger partial charge in [-0.25, -0.2) is 4.79 Å². The Labute approximate surface area is 139 Å². The number of aryl methyl sites for hydroxylation is 1. The maximum atomic E-state index is 12.4. The van der Waals surface area contributed by atoms with Crippen LogP contribution in [0.1, 0.15) is 38.2 Å². The van der Waals surface area contributed by atoms with E-state index in [1.54, 1.807) is 0 Å². The van der Waals surface area contributed by atoms with Gasteiger partial charge < -0.3 is 15.1 Å². The maximum absolute atomic E-state index is 12.4. The molecule has 0 radical (unpaired) electrons. The predicted molar refractivity (Wildman–Crippen MR) is 94.9 cm³/mol. The number of piperazine rings is 1. The molecule has 2 aliphatic rings. The van der Waals surface area contributed by atoms with Crippen LogP contribution in [0.15, 0.2) is 24.3 Å². The van der Waals surface area contributed by atoms with Gasteiger partial charge in [-0.05, 0) is 56.2 Å². The first-order valence-corrected chi connectivity index (χ1v) is 8.99. The standard InChI is InChI=1S/C19H29N3O/c1-15-6-8-17(9-7-15)20-19(23)22-12-10-21(11-13-22)18-5-3-4-16(2)14-18/h3-5,14-15,17H,6-13H2,1-2H3,(H,20,23). The highest BCUT2D eigenvalue weighted by molar-refractivity contribution is 5.75. The van der Waals surface area contributed by atoms with Crippen molar-refractivity contribution in [2.24, 2.45) is 5.92 Å². The summed E-state index contributed by atoms with van der Waals surface area (Å²) < 4.78 is 0. The van der Waals surface area contributed by atoms with E-state index in [4.69, 9.17) is 0 Å². The fourth-order valence-corrected chi connectivity index (χ4v) is 3.66. The van der Waals surface area contributed by atoms with Crippen molar-refractivity contribution in [2.75, 3.05) is 31.1 Å².